The Kier molecular flexibility index (Phi) is 3.04. The number of anilines is 1. The zero-order valence-corrected chi connectivity index (χ0v) is 10.9. The summed E-state index contributed by atoms with van der Waals surface area (Å²) in [4.78, 5) is 4.23. The molecule has 0 aliphatic carbocycles. The van der Waals surface area contributed by atoms with Crippen molar-refractivity contribution in [2.75, 3.05) is 12.8 Å². The van der Waals surface area contributed by atoms with Gasteiger partial charge < -0.3 is 10.5 Å². The number of hydrogen-bond donors (Lipinski definition) is 1. The molecule has 0 saturated heterocycles. The Bertz CT molecular complexity index is 723. The van der Waals surface area contributed by atoms with Crippen molar-refractivity contribution in [3.05, 3.63) is 48.7 Å². The highest BCUT2D eigenvalue weighted by Crippen LogP contribution is 2.27. The topological polar surface area (TPSA) is 78.8 Å². The maximum Gasteiger partial charge on any atom is 0.157 e. The van der Waals surface area contributed by atoms with Gasteiger partial charge in [0.15, 0.2) is 11.5 Å². The highest BCUT2D eigenvalue weighted by molar-refractivity contribution is 5.68. The number of rotatable bonds is 3. The zero-order valence-electron chi connectivity index (χ0n) is 10.9. The molecule has 2 heterocycles. The van der Waals surface area contributed by atoms with Gasteiger partial charge in [0.2, 0.25) is 0 Å². The Hall–Kier alpha value is -2.89. The standard InChI is InChI=1S/C14H13N5O/c1-20-12-8-3-2-7-11(12)19-14(15)13(17-18-19)10-6-4-5-9-16-10/h2-9H,15H2,1H3. The van der Waals surface area contributed by atoms with Crippen LogP contribution in [0.2, 0.25) is 0 Å². The summed E-state index contributed by atoms with van der Waals surface area (Å²) in [6.07, 6.45) is 1.69. The van der Waals surface area contributed by atoms with E-state index in [1.54, 1.807) is 18.0 Å². The second-order valence-electron chi connectivity index (χ2n) is 4.12. The summed E-state index contributed by atoms with van der Waals surface area (Å²) in [5.41, 5.74) is 8.11. The van der Waals surface area contributed by atoms with Gasteiger partial charge >= 0.3 is 0 Å². The lowest BCUT2D eigenvalue weighted by atomic mass is 10.2. The Morgan fingerprint density at radius 2 is 1.90 bits per heavy atom. The first-order valence-electron chi connectivity index (χ1n) is 6.07. The Balaban J connectivity index is 2.11. The minimum atomic E-state index is 0.424. The fourth-order valence-electron chi connectivity index (χ4n) is 1.96. The van der Waals surface area contributed by atoms with Crippen LogP contribution in [0.4, 0.5) is 5.82 Å². The monoisotopic (exact) mass is 267 g/mol. The van der Waals surface area contributed by atoms with Crippen molar-refractivity contribution in [2.24, 2.45) is 0 Å². The molecule has 20 heavy (non-hydrogen) atoms. The van der Waals surface area contributed by atoms with Gasteiger partial charge in [-0.1, -0.05) is 23.4 Å². The molecule has 6 heteroatoms. The van der Waals surface area contributed by atoms with E-state index < -0.39 is 0 Å². The predicted octanol–water partition coefficient (Wildman–Crippen LogP) is 1.92. The fourth-order valence-corrected chi connectivity index (χ4v) is 1.96. The number of aromatic nitrogens is 4. The number of nitrogens with zero attached hydrogens (tertiary/aromatic N) is 4. The lowest BCUT2D eigenvalue weighted by Crippen LogP contribution is -2.04. The van der Waals surface area contributed by atoms with Gasteiger partial charge in [-0.2, -0.15) is 4.68 Å². The molecule has 2 N–H and O–H groups in total. The number of nitrogens with two attached hydrogens (primary N) is 1. The van der Waals surface area contributed by atoms with Crippen LogP contribution < -0.4 is 10.5 Å². The van der Waals surface area contributed by atoms with Crippen LogP contribution in [0.5, 0.6) is 5.75 Å². The molecule has 0 spiro atoms. The Morgan fingerprint density at radius 3 is 2.65 bits per heavy atom. The fraction of sp³-hybridized carbons (Fsp3) is 0.0714. The molecular weight excluding hydrogens is 254 g/mol. The number of hydrogen-bond acceptors (Lipinski definition) is 5. The van der Waals surface area contributed by atoms with E-state index in [-0.39, 0.29) is 0 Å². The third kappa shape index (κ3) is 1.97. The maximum absolute atomic E-state index is 6.13. The highest BCUT2D eigenvalue weighted by Gasteiger charge is 2.15. The number of nitrogen functional groups attached to an aromatic ring is 1. The van der Waals surface area contributed by atoms with E-state index in [9.17, 15) is 0 Å². The Morgan fingerprint density at radius 1 is 1.10 bits per heavy atom. The predicted molar refractivity (Wildman–Crippen MR) is 75.6 cm³/mol. The van der Waals surface area contributed by atoms with Crippen LogP contribution in [-0.4, -0.2) is 27.1 Å². The molecule has 0 atom stereocenters. The van der Waals surface area contributed by atoms with E-state index in [0.717, 1.165) is 5.69 Å². The van der Waals surface area contributed by atoms with Crippen LogP contribution >= 0.6 is 0 Å². The molecule has 3 aromatic rings. The molecule has 2 aromatic heterocycles. The average molecular weight is 267 g/mol. The number of methoxy groups -OCH3 is 1. The summed E-state index contributed by atoms with van der Waals surface area (Å²) in [5.74, 6) is 1.10. The zero-order chi connectivity index (χ0) is 13.9. The van der Waals surface area contributed by atoms with Gasteiger partial charge in [0.05, 0.1) is 12.8 Å². The minimum absolute atomic E-state index is 0.424. The van der Waals surface area contributed by atoms with Gasteiger partial charge in [0.1, 0.15) is 11.4 Å². The molecule has 0 radical (unpaired) electrons. The number of ether oxygens (including phenoxy) is 1. The third-order valence-corrected chi connectivity index (χ3v) is 2.93. The minimum Gasteiger partial charge on any atom is -0.494 e. The van der Waals surface area contributed by atoms with Crippen LogP contribution in [0, 0.1) is 0 Å². The molecule has 0 bridgehead atoms. The maximum atomic E-state index is 6.13. The second kappa shape index (κ2) is 5.00. The van der Waals surface area contributed by atoms with Crippen LogP contribution in [0.1, 0.15) is 0 Å². The lowest BCUT2D eigenvalue weighted by Gasteiger charge is -2.08. The molecular formula is C14H13N5O. The highest BCUT2D eigenvalue weighted by atomic mass is 16.5. The molecule has 0 aliphatic rings. The van der Waals surface area contributed by atoms with Gasteiger partial charge in [0.25, 0.3) is 0 Å². The summed E-state index contributed by atoms with van der Waals surface area (Å²) < 4.78 is 6.85. The third-order valence-electron chi connectivity index (χ3n) is 2.93. The average Bonchev–Trinajstić information content (AvgIpc) is 2.89. The van der Waals surface area contributed by atoms with Crippen molar-refractivity contribution in [3.8, 4) is 22.8 Å². The lowest BCUT2D eigenvalue weighted by molar-refractivity contribution is 0.411. The van der Waals surface area contributed by atoms with Crippen molar-refractivity contribution in [3.63, 3.8) is 0 Å². The van der Waals surface area contributed by atoms with E-state index in [1.165, 1.54) is 0 Å². The Labute approximate surface area is 115 Å². The van der Waals surface area contributed by atoms with Crippen LogP contribution in [0.25, 0.3) is 17.1 Å². The van der Waals surface area contributed by atoms with Crippen LogP contribution in [-0.2, 0) is 0 Å². The molecule has 1 aromatic carbocycles. The molecule has 0 aliphatic heterocycles. The molecule has 0 saturated carbocycles. The van der Waals surface area contributed by atoms with E-state index in [0.29, 0.717) is 23.0 Å². The molecule has 6 nitrogen and oxygen atoms in total. The SMILES string of the molecule is COc1ccccc1-n1nnc(-c2ccccn2)c1N. The number of para-hydroxylation sites is 2. The van der Waals surface area contributed by atoms with Crippen molar-refractivity contribution in [1.29, 1.82) is 0 Å². The molecule has 0 unspecified atom stereocenters. The quantitative estimate of drug-likeness (QED) is 0.784. The van der Waals surface area contributed by atoms with Crippen molar-refractivity contribution < 1.29 is 4.74 Å². The van der Waals surface area contributed by atoms with Gasteiger partial charge in [-0.15, -0.1) is 5.10 Å². The van der Waals surface area contributed by atoms with Crippen molar-refractivity contribution in [2.45, 2.75) is 0 Å². The van der Waals surface area contributed by atoms with Gasteiger partial charge in [-0.05, 0) is 24.3 Å². The summed E-state index contributed by atoms with van der Waals surface area (Å²) >= 11 is 0. The van der Waals surface area contributed by atoms with Crippen LogP contribution in [0.3, 0.4) is 0 Å². The largest absolute Gasteiger partial charge is 0.494 e. The van der Waals surface area contributed by atoms with E-state index in [4.69, 9.17) is 10.5 Å². The summed E-state index contributed by atoms with van der Waals surface area (Å²) in [6, 6.07) is 13.0. The van der Waals surface area contributed by atoms with Crippen molar-refractivity contribution in [1.82, 2.24) is 20.0 Å². The molecule has 3 rings (SSSR count). The summed E-state index contributed by atoms with van der Waals surface area (Å²) in [6.45, 7) is 0. The number of benzene rings is 1. The van der Waals surface area contributed by atoms with Gasteiger partial charge in [-0.3, -0.25) is 4.98 Å². The van der Waals surface area contributed by atoms with E-state index in [2.05, 4.69) is 15.3 Å². The van der Waals surface area contributed by atoms with E-state index >= 15 is 0 Å². The summed E-state index contributed by atoms with van der Waals surface area (Å²) in [5, 5.41) is 8.20. The van der Waals surface area contributed by atoms with E-state index in [1.807, 2.05) is 42.5 Å². The first-order chi connectivity index (χ1) is 9.81. The smallest absolute Gasteiger partial charge is 0.157 e. The molecule has 0 amide bonds. The van der Waals surface area contributed by atoms with Gasteiger partial charge in [0, 0.05) is 6.20 Å². The molecule has 100 valence electrons. The molecule has 0 fully saturated rings. The first-order valence-corrected chi connectivity index (χ1v) is 6.07. The summed E-state index contributed by atoms with van der Waals surface area (Å²) in [7, 11) is 1.60. The van der Waals surface area contributed by atoms with Gasteiger partial charge in [-0.25, -0.2) is 0 Å². The van der Waals surface area contributed by atoms with Crippen molar-refractivity contribution >= 4 is 5.82 Å². The first kappa shape index (κ1) is 12.2. The van der Waals surface area contributed by atoms with Crippen LogP contribution in [0.15, 0.2) is 48.7 Å². The second-order valence-corrected chi connectivity index (χ2v) is 4.12. The normalized spacial score (nSPS) is 10.4. The number of pyridine rings is 1.